The average Bonchev–Trinajstić information content (AvgIpc) is 3.28. The zero-order chi connectivity index (χ0) is 19.4. The molecular formula is C18H17N5O3S. The summed E-state index contributed by atoms with van der Waals surface area (Å²) in [6.07, 6.45) is 0.198. The summed E-state index contributed by atoms with van der Waals surface area (Å²) in [5.41, 5.74) is 2.19. The minimum Gasteiger partial charge on any atom is -0.452 e. The zero-order valence-corrected chi connectivity index (χ0v) is 15.7. The van der Waals surface area contributed by atoms with Gasteiger partial charge in [0, 0.05) is 13.6 Å². The fraction of sp³-hybridized carbons (Fsp3) is 0.278. The van der Waals surface area contributed by atoms with Crippen LogP contribution in [0.4, 0.5) is 0 Å². The van der Waals surface area contributed by atoms with Crippen LogP contribution in [0.3, 0.4) is 0 Å². The molecule has 0 spiro atoms. The van der Waals surface area contributed by atoms with Gasteiger partial charge in [-0.25, -0.2) is 9.78 Å². The molecule has 138 valence electrons. The first-order valence-corrected chi connectivity index (χ1v) is 9.08. The number of hydrogen-bond donors (Lipinski definition) is 1. The monoisotopic (exact) mass is 383 g/mol. The fourth-order valence-corrected chi connectivity index (χ4v) is 3.36. The second-order valence-corrected chi connectivity index (χ2v) is 6.72. The third-order valence-corrected chi connectivity index (χ3v) is 4.75. The summed E-state index contributed by atoms with van der Waals surface area (Å²) < 4.78 is 6.79. The number of carbonyl (C=O) groups excluding carboxylic acids is 2. The molecule has 3 heterocycles. The Kier molecular flexibility index (Phi) is 5.47. The number of hydrogen-bond acceptors (Lipinski definition) is 7. The number of aryl methyl sites for hydroxylation is 2. The second kappa shape index (κ2) is 7.97. The van der Waals surface area contributed by atoms with Crippen molar-refractivity contribution in [2.75, 3.05) is 13.2 Å². The number of nitrogens with one attached hydrogen (secondary N) is 1. The maximum Gasteiger partial charge on any atom is 0.339 e. The van der Waals surface area contributed by atoms with Crippen molar-refractivity contribution in [3.05, 3.63) is 34.8 Å². The van der Waals surface area contributed by atoms with Crippen LogP contribution in [0.5, 0.6) is 0 Å². The molecule has 0 aromatic carbocycles. The summed E-state index contributed by atoms with van der Waals surface area (Å²) in [6.45, 7) is 1.60. The van der Waals surface area contributed by atoms with E-state index in [9.17, 15) is 9.59 Å². The van der Waals surface area contributed by atoms with E-state index in [4.69, 9.17) is 10.00 Å². The molecule has 27 heavy (non-hydrogen) atoms. The first-order valence-electron chi connectivity index (χ1n) is 8.20. The topological polar surface area (TPSA) is 110 Å². The Morgan fingerprint density at radius 1 is 1.44 bits per heavy atom. The predicted molar refractivity (Wildman–Crippen MR) is 100 cm³/mol. The summed E-state index contributed by atoms with van der Waals surface area (Å²) in [5, 5.41) is 17.9. The standard InChI is InChI=1S/C18H17N5O3S/c1-11-16-12(18(25)26-10-15(24)20-7-4-6-19)9-13(14-5-3-8-27-14)21-17(16)23(2)22-11/h3,5,8-9H,4,7,10H2,1-2H3,(H,20,24). The number of ether oxygens (including phenoxy) is 1. The number of nitrogens with zero attached hydrogens (tertiary/aromatic N) is 4. The van der Waals surface area contributed by atoms with Crippen molar-refractivity contribution in [2.45, 2.75) is 13.3 Å². The van der Waals surface area contributed by atoms with Gasteiger partial charge in [0.2, 0.25) is 0 Å². The van der Waals surface area contributed by atoms with Gasteiger partial charge < -0.3 is 10.1 Å². The summed E-state index contributed by atoms with van der Waals surface area (Å²) in [7, 11) is 1.76. The second-order valence-electron chi connectivity index (χ2n) is 5.77. The Balaban J connectivity index is 1.89. The van der Waals surface area contributed by atoms with Gasteiger partial charge in [-0.2, -0.15) is 10.4 Å². The van der Waals surface area contributed by atoms with Crippen molar-refractivity contribution in [3.8, 4) is 16.6 Å². The highest BCUT2D eigenvalue weighted by Crippen LogP contribution is 2.29. The van der Waals surface area contributed by atoms with Gasteiger partial charge in [0.25, 0.3) is 5.91 Å². The molecule has 0 unspecified atom stereocenters. The highest BCUT2D eigenvalue weighted by molar-refractivity contribution is 7.13. The molecule has 0 fully saturated rings. The summed E-state index contributed by atoms with van der Waals surface area (Å²) in [5.74, 6) is -1.07. The highest BCUT2D eigenvalue weighted by atomic mass is 32.1. The van der Waals surface area contributed by atoms with Crippen molar-refractivity contribution in [1.29, 1.82) is 5.26 Å². The molecule has 3 aromatic heterocycles. The lowest BCUT2D eigenvalue weighted by Crippen LogP contribution is -2.29. The number of thiophene rings is 1. The minimum absolute atomic E-state index is 0.198. The molecule has 1 N–H and O–H groups in total. The van der Waals surface area contributed by atoms with Crippen molar-refractivity contribution < 1.29 is 14.3 Å². The van der Waals surface area contributed by atoms with Gasteiger partial charge in [-0.3, -0.25) is 9.48 Å². The summed E-state index contributed by atoms with van der Waals surface area (Å²) in [6, 6.07) is 7.41. The van der Waals surface area contributed by atoms with Gasteiger partial charge in [0.1, 0.15) is 0 Å². The summed E-state index contributed by atoms with van der Waals surface area (Å²) in [4.78, 5) is 29.9. The predicted octanol–water partition coefficient (Wildman–Crippen LogP) is 2.19. The Hall–Kier alpha value is -3.25. The zero-order valence-electron chi connectivity index (χ0n) is 14.9. The van der Waals surface area contributed by atoms with Gasteiger partial charge >= 0.3 is 5.97 Å². The Labute approximate surface area is 159 Å². The SMILES string of the molecule is Cc1nn(C)c2nc(-c3cccs3)cc(C(=O)OCC(=O)NCCC#N)c12. The third kappa shape index (κ3) is 3.96. The lowest BCUT2D eigenvalue weighted by molar-refractivity contribution is -0.124. The molecule has 0 saturated carbocycles. The number of esters is 1. The van der Waals surface area contributed by atoms with E-state index in [1.165, 1.54) is 11.3 Å². The quantitative estimate of drug-likeness (QED) is 0.516. The van der Waals surface area contributed by atoms with Crippen LogP contribution in [-0.2, 0) is 16.6 Å². The van der Waals surface area contributed by atoms with E-state index in [0.717, 1.165) is 4.88 Å². The number of carbonyl (C=O) groups is 2. The van der Waals surface area contributed by atoms with Gasteiger partial charge in [0.15, 0.2) is 12.3 Å². The number of nitriles is 1. The van der Waals surface area contributed by atoms with Gasteiger partial charge in [-0.1, -0.05) is 6.07 Å². The van der Waals surface area contributed by atoms with Crippen LogP contribution in [0.15, 0.2) is 23.6 Å². The smallest absolute Gasteiger partial charge is 0.339 e. The molecule has 3 aromatic rings. The molecule has 0 radical (unpaired) electrons. The molecule has 0 aliphatic carbocycles. The molecule has 3 rings (SSSR count). The first-order chi connectivity index (χ1) is 13.0. The van der Waals surface area contributed by atoms with E-state index < -0.39 is 18.5 Å². The van der Waals surface area contributed by atoms with E-state index in [-0.39, 0.29) is 13.0 Å². The maximum atomic E-state index is 12.7. The minimum atomic E-state index is -0.619. The van der Waals surface area contributed by atoms with Crippen LogP contribution in [0.2, 0.25) is 0 Å². The molecule has 0 aliphatic heterocycles. The van der Waals surface area contributed by atoms with Crippen LogP contribution in [0.1, 0.15) is 22.5 Å². The first kappa shape index (κ1) is 18.5. The molecule has 0 aliphatic rings. The van der Waals surface area contributed by atoms with E-state index in [0.29, 0.717) is 28.0 Å². The average molecular weight is 383 g/mol. The van der Waals surface area contributed by atoms with Crippen molar-refractivity contribution >= 4 is 34.2 Å². The van der Waals surface area contributed by atoms with E-state index >= 15 is 0 Å². The molecule has 8 nitrogen and oxygen atoms in total. The Bertz CT molecular complexity index is 1030. The highest BCUT2D eigenvalue weighted by Gasteiger charge is 2.21. The lowest BCUT2D eigenvalue weighted by atomic mass is 10.1. The largest absolute Gasteiger partial charge is 0.452 e. The van der Waals surface area contributed by atoms with Crippen LogP contribution < -0.4 is 5.32 Å². The van der Waals surface area contributed by atoms with Gasteiger partial charge in [-0.15, -0.1) is 11.3 Å². The molecule has 9 heteroatoms. The number of amides is 1. The number of aromatic nitrogens is 3. The van der Waals surface area contributed by atoms with E-state index in [1.807, 2.05) is 23.6 Å². The Morgan fingerprint density at radius 2 is 2.26 bits per heavy atom. The van der Waals surface area contributed by atoms with Crippen molar-refractivity contribution in [1.82, 2.24) is 20.1 Å². The van der Waals surface area contributed by atoms with E-state index in [2.05, 4.69) is 15.4 Å². The van der Waals surface area contributed by atoms with Crippen LogP contribution in [0.25, 0.3) is 21.6 Å². The molecule has 0 atom stereocenters. The van der Waals surface area contributed by atoms with E-state index in [1.54, 1.807) is 24.7 Å². The van der Waals surface area contributed by atoms with Crippen molar-refractivity contribution in [2.24, 2.45) is 7.05 Å². The molecule has 1 amide bonds. The Morgan fingerprint density at radius 3 is 2.96 bits per heavy atom. The summed E-state index contributed by atoms with van der Waals surface area (Å²) >= 11 is 1.51. The fourth-order valence-electron chi connectivity index (χ4n) is 2.67. The number of fused-ring (bicyclic) bond motifs is 1. The van der Waals surface area contributed by atoms with Crippen LogP contribution >= 0.6 is 11.3 Å². The molecular weight excluding hydrogens is 366 g/mol. The molecule has 0 saturated heterocycles. The number of rotatable bonds is 6. The van der Waals surface area contributed by atoms with Gasteiger partial charge in [0.05, 0.1) is 39.7 Å². The van der Waals surface area contributed by atoms with Crippen LogP contribution in [-0.4, -0.2) is 39.8 Å². The molecule has 0 bridgehead atoms. The third-order valence-electron chi connectivity index (χ3n) is 3.86. The van der Waals surface area contributed by atoms with Crippen molar-refractivity contribution in [3.63, 3.8) is 0 Å². The normalized spacial score (nSPS) is 10.6. The maximum absolute atomic E-state index is 12.7. The number of pyridine rings is 1. The lowest BCUT2D eigenvalue weighted by Gasteiger charge is -2.08. The van der Waals surface area contributed by atoms with Gasteiger partial charge in [-0.05, 0) is 24.4 Å². The van der Waals surface area contributed by atoms with Crippen LogP contribution in [0, 0.1) is 18.3 Å².